The number of nitrogens with zero attached hydrogens (tertiary/aromatic N) is 3. The molecule has 13 heteroatoms. The van der Waals surface area contributed by atoms with Crippen molar-refractivity contribution in [2.24, 2.45) is 5.92 Å². The standard InChI is InChI=1S/C22H21F3N4O5S/c1-12(30)35-11-15(22(23,24)25)19(31)28-8-4-7-17(28)20(32)34-10-13-9-18-14-5-2-3-6-16(14)26-21(33)29(18)27-13/h2-3,5-6,9,15,17H,4,7-8,10-11H2,1H3,(H,26,33)/t15?,17-/m0/s1. The second kappa shape index (κ2) is 9.72. The highest BCUT2D eigenvalue weighted by atomic mass is 32.2. The van der Waals surface area contributed by atoms with E-state index in [1.54, 1.807) is 30.3 Å². The summed E-state index contributed by atoms with van der Waals surface area (Å²) in [6.45, 7) is 0.774. The molecule has 1 unspecified atom stereocenters. The van der Waals surface area contributed by atoms with Crippen LogP contribution in [0.3, 0.4) is 0 Å². The number of fused-ring (bicyclic) bond motifs is 3. The number of H-pyrrole nitrogens is 1. The van der Waals surface area contributed by atoms with Crippen molar-refractivity contribution >= 4 is 45.2 Å². The highest BCUT2D eigenvalue weighted by Gasteiger charge is 2.49. The molecule has 9 nitrogen and oxygen atoms in total. The fraction of sp³-hybridized carbons (Fsp3) is 0.409. The minimum Gasteiger partial charge on any atom is -0.458 e. The number of halogens is 3. The smallest absolute Gasteiger partial charge is 0.401 e. The first-order valence-corrected chi connectivity index (χ1v) is 11.7. The summed E-state index contributed by atoms with van der Waals surface area (Å²) in [6, 6.07) is 7.50. The topological polar surface area (TPSA) is 114 Å². The summed E-state index contributed by atoms with van der Waals surface area (Å²) in [5.74, 6) is -5.26. The number of ether oxygens (including phenoxy) is 1. The second-order valence-electron chi connectivity index (χ2n) is 8.10. The molecule has 0 bridgehead atoms. The summed E-state index contributed by atoms with van der Waals surface area (Å²) < 4.78 is 46.9. The monoisotopic (exact) mass is 510 g/mol. The molecule has 1 amide bonds. The van der Waals surface area contributed by atoms with E-state index >= 15 is 0 Å². The Balaban J connectivity index is 1.48. The van der Waals surface area contributed by atoms with Gasteiger partial charge >= 0.3 is 17.8 Å². The number of aromatic nitrogens is 3. The highest BCUT2D eigenvalue weighted by Crippen LogP contribution is 2.33. The lowest BCUT2D eigenvalue weighted by atomic mass is 10.1. The first-order valence-electron chi connectivity index (χ1n) is 10.7. The van der Waals surface area contributed by atoms with Crippen LogP contribution < -0.4 is 5.69 Å². The van der Waals surface area contributed by atoms with E-state index in [0.29, 0.717) is 29.2 Å². The third-order valence-electron chi connectivity index (χ3n) is 5.71. The Morgan fingerprint density at radius 1 is 1.29 bits per heavy atom. The minimum absolute atomic E-state index is 0.0222. The fourth-order valence-electron chi connectivity index (χ4n) is 4.05. The number of alkyl halides is 3. The highest BCUT2D eigenvalue weighted by molar-refractivity contribution is 8.13. The minimum atomic E-state index is -4.86. The van der Waals surface area contributed by atoms with E-state index in [-0.39, 0.29) is 25.3 Å². The zero-order valence-corrected chi connectivity index (χ0v) is 19.3. The van der Waals surface area contributed by atoms with Crippen molar-refractivity contribution in [3.05, 3.63) is 46.5 Å². The molecule has 2 atom stereocenters. The second-order valence-corrected chi connectivity index (χ2v) is 9.30. The van der Waals surface area contributed by atoms with Crippen molar-refractivity contribution in [1.82, 2.24) is 19.5 Å². The molecule has 1 saturated heterocycles. The molecule has 3 aromatic rings. The third-order valence-corrected chi connectivity index (χ3v) is 6.62. The molecule has 1 aromatic carbocycles. The van der Waals surface area contributed by atoms with Gasteiger partial charge in [-0.2, -0.15) is 22.8 Å². The predicted molar refractivity (Wildman–Crippen MR) is 121 cm³/mol. The van der Waals surface area contributed by atoms with Crippen molar-refractivity contribution in [3.8, 4) is 0 Å². The van der Waals surface area contributed by atoms with E-state index in [1.807, 2.05) is 0 Å². The summed E-state index contributed by atoms with van der Waals surface area (Å²) in [6.07, 6.45) is -4.36. The molecule has 186 valence electrons. The van der Waals surface area contributed by atoms with Crippen molar-refractivity contribution in [1.29, 1.82) is 0 Å². The number of benzene rings is 1. The zero-order chi connectivity index (χ0) is 25.3. The molecule has 1 aliphatic heterocycles. The summed E-state index contributed by atoms with van der Waals surface area (Å²) >= 11 is 0.413. The summed E-state index contributed by atoms with van der Waals surface area (Å²) in [5, 5.41) is 4.34. The molecule has 0 saturated carbocycles. The number of carbonyl (C=O) groups is 3. The zero-order valence-electron chi connectivity index (χ0n) is 18.5. The van der Waals surface area contributed by atoms with E-state index < -0.39 is 46.6 Å². The van der Waals surface area contributed by atoms with Gasteiger partial charge in [-0.1, -0.05) is 30.0 Å². The number of esters is 1. The van der Waals surface area contributed by atoms with Crippen LogP contribution in [0.25, 0.3) is 16.4 Å². The summed E-state index contributed by atoms with van der Waals surface area (Å²) in [4.78, 5) is 52.4. The molecule has 1 aliphatic rings. The van der Waals surface area contributed by atoms with Crippen LogP contribution in [0.1, 0.15) is 25.5 Å². The van der Waals surface area contributed by atoms with Crippen LogP contribution >= 0.6 is 11.8 Å². The van der Waals surface area contributed by atoms with Crippen LogP contribution in [0.5, 0.6) is 0 Å². The number of aromatic amines is 1. The molecule has 1 N–H and O–H groups in total. The van der Waals surface area contributed by atoms with Crippen LogP contribution in [0, 0.1) is 5.92 Å². The van der Waals surface area contributed by atoms with Gasteiger partial charge in [-0.3, -0.25) is 9.59 Å². The number of amides is 1. The normalized spacial score (nSPS) is 17.1. The molecular formula is C22H21F3N4O5S. The number of rotatable bonds is 6. The van der Waals surface area contributed by atoms with Crippen LogP contribution in [-0.2, 0) is 25.7 Å². The lowest BCUT2D eigenvalue weighted by Crippen LogP contribution is -2.48. The van der Waals surface area contributed by atoms with E-state index in [4.69, 9.17) is 4.74 Å². The molecule has 0 spiro atoms. The molecule has 0 aliphatic carbocycles. The van der Waals surface area contributed by atoms with E-state index in [0.717, 1.165) is 21.7 Å². The van der Waals surface area contributed by atoms with Crippen molar-refractivity contribution < 1.29 is 32.3 Å². The Kier molecular flexibility index (Phi) is 6.88. The number of para-hydroxylation sites is 1. The number of likely N-dealkylation sites (tertiary alicyclic amines) is 1. The molecule has 3 heterocycles. The van der Waals surface area contributed by atoms with Gasteiger partial charge < -0.3 is 14.6 Å². The molecule has 2 aromatic heterocycles. The van der Waals surface area contributed by atoms with Gasteiger partial charge in [0, 0.05) is 24.6 Å². The molecule has 4 rings (SSSR count). The number of carbonyl (C=O) groups excluding carboxylic acids is 3. The average molecular weight is 510 g/mol. The van der Waals surface area contributed by atoms with Crippen LogP contribution in [-0.4, -0.2) is 61.0 Å². The maximum Gasteiger partial charge on any atom is 0.401 e. The maximum absolute atomic E-state index is 13.5. The number of hydrogen-bond donors (Lipinski definition) is 1. The van der Waals surface area contributed by atoms with Crippen LogP contribution in [0.2, 0.25) is 0 Å². The van der Waals surface area contributed by atoms with Gasteiger partial charge in [-0.15, -0.1) is 0 Å². The first-order chi connectivity index (χ1) is 16.6. The number of thioether (sulfide) groups is 1. The lowest BCUT2D eigenvalue weighted by molar-refractivity contribution is -0.186. The quantitative estimate of drug-likeness (QED) is 0.507. The van der Waals surface area contributed by atoms with Crippen LogP contribution in [0.15, 0.2) is 35.1 Å². The predicted octanol–water partition coefficient (Wildman–Crippen LogP) is 2.67. The van der Waals surface area contributed by atoms with E-state index in [9.17, 15) is 32.3 Å². The Labute approximate surface area is 200 Å². The van der Waals surface area contributed by atoms with Gasteiger partial charge in [-0.05, 0) is 25.0 Å². The Hall–Kier alpha value is -3.35. The maximum atomic E-state index is 13.5. The molecular weight excluding hydrogens is 489 g/mol. The van der Waals surface area contributed by atoms with Gasteiger partial charge in [0.1, 0.15) is 24.3 Å². The Morgan fingerprint density at radius 3 is 2.74 bits per heavy atom. The summed E-state index contributed by atoms with van der Waals surface area (Å²) in [5.41, 5.74) is 0.896. The van der Waals surface area contributed by atoms with Crippen molar-refractivity contribution in [2.45, 2.75) is 38.6 Å². The first kappa shape index (κ1) is 24.8. The number of nitrogens with one attached hydrogen (secondary N) is 1. The van der Waals surface area contributed by atoms with Gasteiger partial charge in [0.05, 0.1) is 11.0 Å². The number of hydrogen-bond acceptors (Lipinski definition) is 7. The Morgan fingerprint density at radius 2 is 2.03 bits per heavy atom. The average Bonchev–Trinajstić information content (AvgIpc) is 3.44. The van der Waals surface area contributed by atoms with Gasteiger partial charge in [0.2, 0.25) is 5.91 Å². The van der Waals surface area contributed by atoms with Crippen molar-refractivity contribution in [3.63, 3.8) is 0 Å². The van der Waals surface area contributed by atoms with E-state index in [1.165, 1.54) is 0 Å². The Bertz CT molecular complexity index is 1350. The van der Waals surface area contributed by atoms with Crippen molar-refractivity contribution in [2.75, 3.05) is 12.3 Å². The van der Waals surface area contributed by atoms with Gasteiger partial charge in [-0.25, -0.2) is 9.59 Å². The SMILES string of the molecule is CC(=O)SCC(C(=O)N1CCC[C@H]1C(=O)OCc1cc2c3ccccc3[nH]c(=O)n2n1)C(F)(F)F. The van der Waals surface area contributed by atoms with Gasteiger partial charge in [0.15, 0.2) is 5.12 Å². The van der Waals surface area contributed by atoms with E-state index in [2.05, 4.69) is 10.1 Å². The third kappa shape index (κ3) is 5.19. The fourth-order valence-corrected chi connectivity index (χ4v) is 4.79. The molecule has 1 fully saturated rings. The lowest BCUT2D eigenvalue weighted by Gasteiger charge is -2.28. The summed E-state index contributed by atoms with van der Waals surface area (Å²) in [7, 11) is 0. The van der Waals surface area contributed by atoms with Gasteiger partial charge in [0.25, 0.3) is 0 Å². The molecule has 35 heavy (non-hydrogen) atoms. The molecule has 0 radical (unpaired) electrons. The van der Waals surface area contributed by atoms with Crippen LogP contribution in [0.4, 0.5) is 13.2 Å². The largest absolute Gasteiger partial charge is 0.458 e.